The molecule has 2 N–H and O–H groups in total. The lowest BCUT2D eigenvalue weighted by molar-refractivity contribution is -0.122. The van der Waals surface area contributed by atoms with Gasteiger partial charge in [-0.2, -0.15) is 13.9 Å². The minimum absolute atomic E-state index is 0.0529. The van der Waals surface area contributed by atoms with Crippen LogP contribution in [0.1, 0.15) is 53.1 Å². The molecule has 1 aliphatic heterocycles. The number of aliphatic hydroxyl groups excluding tert-OH is 1. The summed E-state index contributed by atoms with van der Waals surface area (Å²) in [7, 11) is 0. The molecule has 7 rings (SSSR count). The molecule has 14 heteroatoms. The van der Waals surface area contributed by atoms with Gasteiger partial charge in [-0.3, -0.25) is 14.4 Å². The van der Waals surface area contributed by atoms with Gasteiger partial charge in [-0.1, -0.05) is 29.8 Å². The van der Waals surface area contributed by atoms with E-state index in [4.69, 9.17) is 16.6 Å². The summed E-state index contributed by atoms with van der Waals surface area (Å²) < 4.78 is 87.1. The number of aliphatic hydroxyl groups is 1. The number of halogens is 7. The van der Waals surface area contributed by atoms with E-state index in [0.29, 0.717) is 32.7 Å². The van der Waals surface area contributed by atoms with E-state index in [9.17, 15) is 27.5 Å². The number of rotatable bonds is 8. The molecule has 3 aliphatic rings. The summed E-state index contributed by atoms with van der Waals surface area (Å²) in [6.45, 7) is -0.842. The third kappa shape index (κ3) is 5.20. The van der Waals surface area contributed by atoms with Crippen molar-refractivity contribution in [1.82, 2.24) is 15.1 Å². The number of alkyl halides is 4. The molecule has 0 saturated heterocycles. The lowest BCUT2D eigenvalue weighted by Crippen LogP contribution is -2.52. The smallest absolute Gasteiger partial charge is 0.293 e. The van der Waals surface area contributed by atoms with Crippen LogP contribution in [0.5, 0.6) is 0 Å². The second kappa shape index (κ2) is 11.2. The van der Waals surface area contributed by atoms with Gasteiger partial charge in [0.25, 0.3) is 12.3 Å². The minimum Gasteiger partial charge on any atom is -0.369 e. The van der Waals surface area contributed by atoms with Crippen LogP contribution in [-0.4, -0.2) is 32.7 Å². The fraction of sp³-hybridized carbons (Fsp3) is 0.281. The number of para-hydroxylation sites is 1. The van der Waals surface area contributed by atoms with E-state index in [1.807, 2.05) is 0 Å². The Kier molecular flexibility index (Phi) is 7.35. The van der Waals surface area contributed by atoms with Gasteiger partial charge in [-0.05, 0) is 60.4 Å². The minimum atomic E-state index is -3.44. The number of amides is 1. The van der Waals surface area contributed by atoms with Crippen molar-refractivity contribution >= 4 is 34.7 Å². The van der Waals surface area contributed by atoms with E-state index < -0.39 is 71.9 Å². The number of carbonyl (C=O) groups excluding carboxylic acids is 1. The van der Waals surface area contributed by atoms with Gasteiger partial charge in [-0.15, -0.1) is 0 Å². The van der Waals surface area contributed by atoms with Gasteiger partial charge in [0, 0.05) is 40.2 Å². The molecular weight excluding hydrogens is 636 g/mol. The van der Waals surface area contributed by atoms with Crippen molar-refractivity contribution in [2.45, 2.75) is 49.9 Å². The molecule has 1 fully saturated rings. The fourth-order valence-corrected chi connectivity index (χ4v) is 6.62. The first-order valence-corrected chi connectivity index (χ1v) is 14.7. The number of carbonyl (C=O) groups is 1. The number of aromatic nitrogens is 2. The second-order valence-electron chi connectivity index (χ2n) is 11.5. The van der Waals surface area contributed by atoms with Gasteiger partial charge in [0.1, 0.15) is 35.4 Å². The first-order chi connectivity index (χ1) is 21.9. The third-order valence-corrected chi connectivity index (χ3v) is 8.77. The van der Waals surface area contributed by atoms with Crippen LogP contribution < -0.4 is 10.2 Å². The molecule has 4 aromatic rings. The highest BCUT2D eigenvalue weighted by Gasteiger charge is 2.67. The predicted octanol–water partition coefficient (Wildman–Crippen LogP) is 6.93. The maximum atomic E-state index is 15.2. The van der Waals surface area contributed by atoms with Gasteiger partial charge in [0.2, 0.25) is 5.91 Å². The molecule has 1 saturated carbocycles. The molecule has 0 radical (unpaired) electrons. The molecule has 46 heavy (non-hydrogen) atoms. The Balaban J connectivity index is 1.29. The Morgan fingerprint density at radius 2 is 1.76 bits per heavy atom. The average Bonchev–Trinajstić information content (AvgIpc) is 3.65. The number of fused-ring (bicyclic) bond motifs is 4. The molecular formula is C32H24ClF6N5O2. The summed E-state index contributed by atoms with van der Waals surface area (Å²) in [5, 5.41) is 18.3. The van der Waals surface area contributed by atoms with Crippen molar-refractivity contribution in [3.63, 3.8) is 0 Å². The van der Waals surface area contributed by atoms with Crippen molar-refractivity contribution in [2.75, 3.05) is 4.90 Å². The topological polar surface area (TPSA) is 82.8 Å². The van der Waals surface area contributed by atoms with E-state index in [2.05, 4.69) is 10.4 Å². The average molecular weight is 660 g/mol. The molecule has 1 amide bonds. The zero-order valence-corrected chi connectivity index (χ0v) is 24.4. The van der Waals surface area contributed by atoms with Gasteiger partial charge in [0.15, 0.2) is 6.23 Å². The maximum Gasteiger partial charge on any atom is 0.293 e. The summed E-state index contributed by atoms with van der Waals surface area (Å²) >= 11 is 6.10. The second-order valence-corrected chi connectivity index (χ2v) is 12.0. The molecule has 3 unspecified atom stereocenters. The summed E-state index contributed by atoms with van der Waals surface area (Å²) in [5.74, 6) is -7.91. The fourth-order valence-electron chi connectivity index (χ4n) is 6.50. The highest BCUT2D eigenvalue weighted by molar-refractivity contribution is 6.30. The van der Waals surface area contributed by atoms with Crippen molar-refractivity contribution in [2.24, 2.45) is 10.9 Å². The highest BCUT2D eigenvalue weighted by atomic mass is 35.5. The number of hydrogen-bond donors (Lipinski definition) is 2. The van der Waals surface area contributed by atoms with Crippen molar-refractivity contribution in [3.8, 4) is 0 Å². The SMILES string of the molecule is O=C(Cn1nc(C(F)F)c2c1C(F)(F)C1C[C@H]21)NC(Cc1cc(F)cc(F)c1)C1=Nc2ccccc2C(O)N1c1ccc(Cl)cc1. The lowest BCUT2D eigenvalue weighted by atomic mass is 10.00. The first-order valence-electron chi connectivity index (χ1n) is 14.3. The van der Waals surface area contributed by atoms with E-state index in [-0.39, 0.29) is 29.8 Å². The Labute approximate surface area is 263 Å². The summed E-state index contributed by atoms with van der Waals surface area (Å²) in [4.78, 5) is 19.7. The summed E-state index contributed by atoms with van der Waals surface area (Å²) in [6.07, 6.45) is -4.64. The highest BCUT2D eigenvalue weighted by Crippen LogP contribution is 2.68. The maximum absolute atomic E-state index is 15.2. The molecule has 1 aromatic heterocycles. The van der Waals surface area contributed by atoms with Crippen LogP contribution in [-0.2, 0) is 23.7 Å². The molecule has 4 atom stereocenters. The largest absolute Gasteiger partial charge is 0.369 e. The van der Waals surface area contributed by atoms with Crippen LogP contribution in [0.25, 0.3) is 0 Å². The number of anilines is 1. The normalized spacial score (nSPS) is 21.4. The third-order valence-electron chi connectivity index (χ3n) is 8.52. The molecule has 0 bridgehead atoms. The van der Waals surface area contributed by atoms with Gasteiger partial charge >= 0.3 is 0 Å². The molecule has 238 valence electrons. The first kappa shape index (κ1) is 30.3. The van der Waals surface area contributed by atoms with Crippen molar-refractivity contribution in [3.05, 3.63) is 111 Å². The Morgan fingerprint density at radius 3 is 2.46 bits per heavy atom. The zero-order valence-electron chi connectivity index (χ0n) is 23.6. The number of hydrogen-bond acceptors (Lipinski definition) is 5. The van der Waals surface area contributed by atoms with Crippen LogP contribution in [0.2, 0.25) is 5.02 Å². The monoisotopic (exact) mass is 659 g/mol. The molecule has 2 aliphatic carbocycles. The number of nitrogens with zero attached hydrogens (tertiary/aromatic N) is 4. The van der Waals surface area contributed by atoms with Crippen LogP contribution >= 0.6 is 11.6 Å². The standard InChI is InChI=1S/C32H24ClF6N5O2/c33-16-5-7-19(8-6-16)44-30(41-23-4-2-1-3-20(23)31(44)46)24(11-15-9-17(34)12-18(35)10-15)40-25(45)14-43-28-26(27(42-43)29(36)37)21-13-22(21)32(28,38)39/h1-10,12,21-22,24,29,31,46H,11,13-14H2,(H,40,45)/t21-,22?,24?,31?/m0/s1. The van der Waals surface area contributed by atoms with Crippen LogP contribution in [0.4, 0.5) is 37.7 Å². The van der Waals surface area contributed by atoms with Crippen LogP contribution in [0.15, 0.2) is 71.7 Å². The number of benzene rings is 3. The molecule has 0 spiro atoms. The van der Waals surface area contributed by atoms with E-state index >= 15 is 8.78 Å². The van der Waals surface area contributed by atoms with Gasteiger partial charge < -0.3 is 10.4 Å². The Hall–Kier alpha value is -4.36. The zero-order chi connectivity index (χ0) is 32.5. The van der Waals surface area contributed by atoms with E-state index in [1.54, 1.807) is 48.5 Å². The number of nitrogens with one attached hydrogen (secondary N) is 1. The number of amidine groups is 1. The molecule has 3 aromatic carbocycles. The van der Waals surface area contributed by atoms with Crippen molar-refractivity contribution < 1.29 is 36.2 Å². The summed E-state index contributed by atoms with van der Waals surface area (Å²) in [5.41, 5.74) is -0.396. The van der Waals surface area contributed by atoms with Crippen LogP contribution in [0.3, 0.4) is 0 Å². The van der Waals surface area contributed by atoms with E-state index in [0.717, 1.165) is 12.1 Å². The Bertz CT molecular complexity index is 1860. The Morgan fingerprint density at radius 1 is 1.07 bits per heavy atom. The van der Waals surface area contributed by atoms with Gasteiger partial charge in [-0.25, -0.2) is 22.6 Å². The molecule has 2 heterocycles. The van der Waals surface area contributed by atoms with Crippen LogP contribution in [0, 0.1) is 17.6 Å². The molecule has 7 nitrogen and oxygen atoms in total. The van der Waals surface area contributed by atoms with Gasteiger partial charge in [0.05, 0.1) is 11.7 Å². The predicted molar refractivity (Wildman–Crippen MR) is 156 cm³/mol. The van der Waals surface area contributed by atoms with Crippen molar-refractivity contribution in [1.29, 1.82) is 0 Å². The lowest BCUT2D eigenvalue weighted by Gasteiger charge is -2.38. The summed E-state index contributed by atoms with van der Waals surface area (Å²) in [6, 6.07) is 14.6. The quantitative estimate of drug-likeness (QED) is 0.201. The van der Waals surface area contributed by atoms with E-state index in [1.165, 1.54) is 4.90 Å². The number of aliphatic imine (C=N–C) groups is 1.